The smallest absolute Gasteiger partial charge is 0.408 e. The maximum absolute atomic E-state index is 13.8. The van der Waals surface area contributed by atoms with E-state index < -0.39 is 77.6 Å². The molecule has 0 aliphatic heterocycles. The standard InChI is InChI=1S/C35H50N6O15/c1-22(42)39(54-25(4)45)18-10-15-29(32(48)37-31(34(50)51)17-12-20-41(24(3)44)56-27(6)47)36-33(49)30(16-11-19-40(23(2)43)55-26(5)46)38-35(52)53-21-28-13-8-7-9-14-28/h7-9,13-14,29-31H,10-12,15-21H2,1-6H3,(H,36,49)(H,37,48)(H,38,52)(H,50,51)/t29-,30-,31-/m0/s1. The fourth-order valence-corrected chi connectivity index (χ4v) is 4.83. The number of alkyl carbamates (subject to hydrolysis) is 1. The number of carbonyl (C=O) groups is 10. The highest BCUT2D eigenvalue weighted by Crippen LogP contribution is 2.10. The Bertz CT molecular complexity index is 1560. The Kier molecular flexibility index (Phi) is 21.2. The van der Waals surface area contributed by atoms with Crippen LogP contribution in [0.15, 0.2) is 30.3 Å². The molecule has 0 saturated heterocycles. The third-order valence-corrected chi connectivity index (χ3v) is 7.40. The lowest BCUT2D eigenvalue weighted by molar-refractivity contribution is -0.195. The Labute approximate surface area is 323 Å². The van der Waals surface area contributed by atoms with E-state index in [1.165, 1.54) is 0 Å². The van der Waals surface area contributed by atoms with E-state index in [1.54, 1.807) is 30.3 Å². The third-order valence-electron chi connectivity index (χ3n) is 7.40. The minimum atomic E-state index is -1.55. The first-order chi connectivity index (χ1) is 26.3. The van der Waals surface area contributed by atoms with Gasteiger partial charge >= 0.3 is 30.0 Å². The van der Waals surface area contributed by atoms with Gasteiger partial charge in [0, 0.05) is 41.5 Å². The van der Waals surface area contributed by atoms with Gasteiger partial charge in [-0.2, -0.15) is 15.2 Å². The van der Waals surface area contributed by atoms with Crippen molar-refractivity contribution in [2.24, 2.45) is 0 Å². The Morgan fingerprint density at radius 1 is 0.554 bits per heavy atom. The van der Waals surface area contributed by atoms with E-state index in [0.717, 1.165) is 56.7 Å². The van der Waals surface area contributed by atoms with E-state index in [2.05, 4.69) is 16.0 Å². The lowest BCUT2D eigenvalue weighted by atomic mass is 10.1. The molecule has 0 radical (unpaired) electrons. The minimum Gasteiger partial charge on any atom is -0.480 e. The summed E-state index contributed by atoms with van der Waals surface area (Å²) in [5.74, 6) is -7.62. The number of carboxylic acids is 1. The van der Waals surface area contributed by atoms with Gasteiger partial charge in [0.05, 0.1) is 19.6 Å². The molecule has 56 heavy (non-hydrogen) atoms. The number of hydrogen-bond donors (Lipinski definition) is 4. The fourth-order valence-electron chi connectivity index (χ4n) is 4.83. The second-order valence-electron chi connectivity index (χ2n) is 12.3. The molecule has 0 bridgehead atoms. The summed E-state index contributed by atoms with van der Waals surface area (Å²) in [4.78, 5) is 137. The monoisotopic (exact) mass is 794 g/mol. The summed E-state index contributed by atoms with van der Waals surface area (Å²) in [6, 6.07) is 4.15. The highest BCUT2D eigenvalue weighted by molar-refractivity contribution is 5.93. The number of carboxylic acid groups (broad SMARTS) is 1. The average molecular weight is 795 g/mol. The summed E-state index contributed by atoms with van der Waals surface area (Å²) in [6.45, 7) is 5.87. The number of nitrogens with zero attached hydrogens (tertiary/aromatic N) is 3. The van der Waals surface area contributed by atoms with Crippen LogP contribution in [0.4, 0.5) is 4.79 Å². The third kappa shape index (κ3) is 19.7. The molecule has 1 rings (SSSR count). The van der Waals surface area contributed by atoms with Crippen molar-refractivity contribution in [1.29, 1.82) is 0 Å². The van der Waals surface area contributed by atoms with Gasteiger partial charge in [-0.25, -0.2) is 9.59 Å². The number of aliphatic carboxylic acids is 1. The molecule has 0 saturated carbocycles. The van der Waals surface area contributed by atoms with Gasteiger partial charge in [0.2, 0.25) is 11.8 Å². The van der Waals surface area contributed by atoms with Crippen molar-refractivity contribution < 1.29 is 72.3 Å². The first-order valence-electron chi connectivity index (χ1n) is 17.5. The van der Waals surface area contributed by atoms with E-state index in [-0.39, 0.29) is 64.8 Å². The number of rotatable bonds is 20. The number of nitrogens with one attached hydrogen (secondary N) is 3. The number of hydroxylamine groups is 6. The average Bonchev–Trinajstić information content (AvgIpc) is 3.10. The van der Waals surface area contributed by atoms with Crippen molar-refractivity contribution in [2.75, 3.05) is 19.6 Å². The molecule has 1 aromatic rings. The molecule has 0 spiro atoms. The highest BCUT2D eigenvalue weighted by atomic mass is 16.7. The molecule has 0 fully saturated rings. The van der Waals surface area contributed by atoms with E-state index in [0.29, 0.717) is 5.56 Å². The fraction of sp³-hybridized carbons (Fsp3) is 0.543. The summed E-state index contributed by atoms with van der Waals surface area (Å²) in [7, 11) is 0. The number of amides is 6. The van der Waals surface area contributed by atoms with Crippen molar-refractivity contribution in [1.82, 2.24) is 31.1 Å². The van der Waals surface area contributed by atoms with Crippen LogP contribution in [0.2, 0.25) is 0 Å². The van der Waals surface area contributed by atoms with Crippen LogP contribution in [0.3, 0.4) is 0 Å². The Hall–Kier alpha value is -6.28. The molecule has 0 unspecified atom stereocenters. The Balaban J connectivity index is 3.30. The lowest BCUT2D eigenvalue weighted by Gasteiger charge is -2.26. The largest absolute Gasteiger partial charge is 0.480 e. The van der Waals surface area contributed by atoms with Crippen LogP contribution in [0.5, 0.6) is 0 Å². The van der Waals surface area contributed by atoms with E-state index in [9.17, 15) is 53.1 Å². The zero-order valence-corrected chi connectivity index (χ0v) is 32.2. The number of hydrogen-bond acceptors (Lipinski definition) is 14. The van der Waals surface area contributed by atoms with E-state index >= 15 is 0 Å². The van der Waals surface area contributed by atoms with Gasteiger partial charge < -0.3 is 40.3 Å². The summed E-state index contributed by atoms with van der Waals surface area (Å²) < 4.78 is 5.25. The predicted octanol–water partition coefficient (Wildman–Crippen LogP) is 0.656. The quantitative estimate of drug-likeness (QED) is 0.132. The van der Waals surface area contributed by atoms with Crippen LogP contribution in [0.25, 0.3) is 0 Å². The molecule has 21 nitrogen and oxygen atoms in total. The van der Waals surface area contributed by atoms with E-state index in [1.807, 2.05) is 0 Å². The number of carbonyl (C=O) groups excluding carboxylic acids is 9. The topological polar surface area (TPSA) is 274 Å². The van der Waals surface area contributed by atoms with E-state index in [4.69, 9.17) is 19.2 Å². The molecule has 0 aliphatic carbocycles. The summed E-state index contributed by atoms with van der Waals surface area (Å²) in [5, 5.41) is 19.3. The Morgan fingerprint density at radius 3 is 1.27 bits per heavy atom. The Morgan fingerprint density at radius 2 is 0.911 bits per heavy atom. The van der Waals surface area contributed by atoms with Gasteiger partial charge in [-0.3, -0.25) is 38.4 Å². The van der Waals surface area contributed by atoms with Crippen molar-refractivity contribution in [3.8, 4) is 0 Å². The van der Waals surface area contributed by atoms with Crippen LogP contribution in [-0.2, 0) is 69.0 Å². The van der Waals surface area contributed by atoms with Crippen LogP contribution in [0, 0.1) is 0 Å². The number of benzene rings is 1. The molecule has 0 aliphatic rings. The molecular weight excluding hydrogens is 744 g/mol. The van der Waals surface area contributed by atoms with Gasteiger partial charge in [-0.1, -0.05) is 30.3 Å². The zero-order valence-electron chi connectivity index (χ0n) is 32.2. The molecular formula is C35H50N6O15. The maximum atomic E-state index is 13.8. The molecule has 4 N–H and O–H groups in total. The molecule has 310 valence electrons. The van der Waals surface area contributed by atoms with Gasteiger partial charge in [0.1, 0.15) is 24.7 Å². The second kappa shape index (κ2) is 24.9. The molecule has 0 aromatic heterocycles. The van der Waals surface area contributed by atoms with Gasteiger partial charge in [0.25, 0.3) is 17.7 Å². The van der Waals surface area contributed by atoms with Gasteiger partial charge in [0.15, 0.2) is 0 Å². The molecule has 1 aromatic carbocycles. The van der Waals surface area contributed by atoms with Crippen LogP contribution >= 0.6 is 0 Å². The molecule has 3 atom stereocenters. The van der Waals surface area contributed by atoms with Crippen LogP contribution in [0.1, 0.15) is 85.6 Å². The SMILES string of the molecule is CC(=O)ON(CCC[C@H](NC(=O)[C@H](CCCN(OC(C)=O)C(C)=O)NC(=O)[C@H](CCCN(OC(C)=O)C(C)=O)NC(=O)OCc1ccccc1)C(=O)O)C(C)=O. The first-order valence-corrected chi connectivity index (χ1v) is 17.5. The molecule has 21 heteroatoms. The van der Waals surface area contributed by atoms with Gasteiger partial charge in [-0.05, 0) is 44.1 Å². The number of ether oxygens (including phenoxy) is 1. The highest BCUT2D eigenvalue weighted by Gasteiger charge is 2.31. The first kappa shape index (κ1) is 47.7. The summed E-state index contributed by atoms with van der Waals surface area (Å²) >= 11 is 0. The van der Waals surface area contributed by atoms with Crippen LogP contribution in [-0.4, -0.2) is 118 Å². The minimum absolute atomic E-state index is 0.0115. The van der Waals surface area contributed by atoms with Gasteiger partial charge in [-0.15, -0.1) is 0 Å². The van der Waals surface area contributed by atoms with Crippen molar-refractivity contribution in [2.45, 2.75) is 105 Å². The lowest BCUT2D eigenvalue weighted by Crippen LogP contribution is -2.56. The summed E-state index contributed by atoms with van der Waals surface area (Å²) in [6.07, 6.45) is -1.80. The molecule has 0 heterocycles. The summed E-state index contributed by atoms with van der Waals surface area (Å²) in [5.41, 5.74) is 0.639. The zero-order chi connectivity index (χ0) is 42.4. The van der Waals surface area contributed by atoms with Crippen LogP contribution < -0.4 is 16.0 Å². The second-order valence-corrected chi connectivity index (χ2v) is 12.3. The van der Waals surface area contributed by atoms with Crippen molar-refractivity contribution in [3.05, 3.63) is 35.9 Å². The predicted molar refractivity (Wildman–Crippen MR) is 190 cm³/mol. The maximum Gasteiger partial charge on any atom is 0.408 e. The van der Waals surface area contributed by atoms with Crippen molar-refractivity contribution >= 4 is 59.5 Å². The van der Waals surface area contributed by atoms with Crippen molar-refractivity contribution in [3.63, 3.8) is 0 Å². The molecule has 6 amide bonds. The normalized spacial score (nSPS) is 12.0.